The van der Waals surface area contributed by atoms with Gasteiger partial charge in [-0.1, -0.05) is 12.1 Å². The van der Waals surface area contributed by atoms with E-state index in [1.807, 2.05) is 24.3 Å². The second-order valence-corrected chi connectivity index (χ2v) is 8.71. The van der Waals surface area contributed by atoms with Gasteiger partial charge in [0.2, 0.25) is 5.88 Å². The van der Waals surface area contributed by atoms with Gasteiger partial charge in [0.15, 0.2) is 11.6 Å². The molecule has 9 heteroatoms. The third kappa shape index (κ3) is 5.51. The molecule has 2 N–H and O–H groups in total. The third-order valence-electron chi connectivity index (χ3n) is 6.20. The highest BCUT2D eigenvalue weighted by atomic mass is 19.1. The first kappa shape index (κ1) is 22.6. The van der Waals surface area contributed by atoms with Crippen LogP contribution in [0.4, 0.5) is 4.39 Å². The molecule has 5 rings (SSSR count). The molecule has 1 saturated carbocycles. The second-order valence-electron chi connectivity index (χ2n) is 8.71. The molecular weight excluding hydrogens is 449 g/mol. The Labute approximate surface area is 201 Å². The molecule has 1 fully saturated rings. The van der Waals surface area contributed by atoms with Crippen LogP contribution >= 0.6 is 0 Å². The number of carboxylic acid groups (broad SMARTS) is 1. The normalized spacial score (nSPS) is 17.7. The lowest BCUT2D eigenvalue weighted by atomic mass is 9.85. The number of carbonyl (C=O) groups is 1. The largest absolute Gasteiger partial charge is 0.481 e. The maximum absolute atomic E-state index is 13.5. The minimum absolute atomic E-state index is 0.0648. The number of hydrogen-bond acceptors (Lipinski definition) is 6. The zero-order valence-corrected chi connectivity index (χ0v) is 18.9. The predicted octanol–water partition coefficient (Wildman–Crippen LogP) is 5.15. The molecule has 3 heterocycles. The van der Waals surface area contributed by atoms with E-state index in [1.165, 1.54) is 12.1 Å². The van der Waals surface area contributed by atoms with E-state index in [0.29, 0.717) is 23.1 Å². The topological polar surface area (TPSA) is 114 Å². The van der Waals surface area contributed by atoms with Gasteiger partial charge in [-0.05, 0) is 61.9 Å². The van der Waals surface area contributed by atoms with Gasteiger partial charge in [-0.2, -0.15) is 0 Å². The third-order valence-corrected chi connectivity index (χ3v) is 6.20. The molecule has 1 aromatic carbocycles. The smallest absolute Gasteiger partial charge is 0.303 e. The van der Waals surface area contributed by atoms with Crippen molar-refractivity contribution < 1.29 is 19.0 Å². The number of halogens is 1. The van der Waals surface area contributed by atoms with Crippen LogP contribution in [0.2, 0.25) is 0 Å². The quantitative estimate of drug-likeness (QED) is 0.382. The molecule has 1 aliphatic rings. The van der Waals surface area contributed by atoms with Crippen LogP contribution in [0.25, 0.3) is 34.0 Å². The van der Waals surface area contributed by atoms with Crippen LogP contribution in [0.5, 0.6) is 5.88 Å². The van der Waals surface area contributed by atoms with Gasteiger partial charge in [-0.25, -0.2) is 9.37 Å². The minimum atomic E-state index is -0.734. The molecule has 0 amide bonds. The average molecular weight is 474 g/mol. The van der Waals surface area contributed by atoms with Crippen molar-refractivity contribution in [1.82, 2.24) is 25.1 Å². The molecule has 0 atom stereocenters. The summed E-state index contributed by atoms with van der Waals surface area (Å²) in [5.74, 6) is 0.754. The van der Waals surface area contributed by atoms with Gasteiger partial charge in [0.1, 0.15) is 11.9 Å². The highest BCUT2D eigenvalue weighted by molar-refractivity contribution is 5.67. The van der Waals surface area contributed by atoms with Crippen LogP contribution in [0.1, 0.15) is 32.1 Å². The van der Waals surface area contributed by atoms with Gasteiger partial charge in [0.25, 0.3) is 0 Å². The number of ether oxygens (including phenoxy) is 1. The van der Waals surface area contributed by atoms with Crippen LogP contribution < -0.4 is 4.74 Å². The number of carboxylic acids is 1. The van der Waals surface area contributed by atoms with E-state index >= 15 is 0 Å². The van der Waals surface area contributed by atoms with Crippen molar-refractivity contribution in [2.24, 2.45) is 5.92 Å². The van der Waals surface area contributed by atoms with Crippen molar-refractivity contribution in [3.63, 3.8) is 0 Å². The summed E-state index contributed by atoms with van der Waals surface area (Å²) in [5, 5.41) is 17.2. The van der Waals surface area contributed by atoms with Gasteiger partial charge >= 0.3 is 5.97 Å². The lowest BCUT2D eigenvalue weighted by Gasteiger charge is -2.27. The second kappa shape index (κ2) is 10.0. The summed E-state index contributed by atoms with van der Waals surface area (Å²) >= 11 is 0. The molecule has 3 aromatic heterocycles. The van der Waals surface area contributed by atoms with Gasteiger partial charge in [-0.3, -0.25) is 9.78 Å². The zero-order chi connectivity index (χ0) is 24.2. The van der Waals surface area contributed by atoms with Gasteiger partial charge < -0.3 is 14.8 Å². The first-order valence-electron chi connectivity index (χ1n) is 11.5. The summed E-state index contributed by atoms with van der Waals surface area (Å²) in [7, 11) is 0. The van der Waals surface area contributed by atoms with Gasteiger partial charge in [0, 0.05) is 41.6 Å². The Kier molecular flexibility index (Phi) is 6.47. The van der Waals surface area contributed by atoms with Crippen LogP contribution in [-0.2, 0) is 4.79 Å². The van der Waals surface area contributed by atoms with E-state index in [0.717, 1.165) is 42.5 Å². The number of nitrogens with zero attached hydrogens (tertiary/aromatic N) is 4. The number of aliphatic carboxylic acids is 1. The number of aromatic nitrogens is 5. The fraction of sp³-hybridized carbons (Fsp3) is 0.269. The first-order chi connectivity index (χ1) is 17.0. The highest BCUT2D eigenvalue weighted by Gasteiger charge is 2.24. The summed E-state index contributed by atoms with van der Waals surface area (Å²) in [6.07, 6.45) is 7.13. The van der Waals surface area contributed by atoms with Gasteiger partial charge in [-0.15, -0.1) is 10.2 Å². The molecule has 0 saturated heterocycles. The minimum Gasteiger partial charge on any atom is -0.481 e. The number of aromatic amines is 1. The summed E-state index contributed by atoms with van der Waals surface area (Å²) in [5.41, 5.74) is 2.99. The Hall–Kier alpha value is -4.14. The summed E-state index contributed by atoms with van der Waals surface area (Å²) in [6, 6.07) is 13.7. The molecule has 0 radical (unpaired) electrons. The zero-order valence-electron chi connectivity index (χ0n) is 18.9. The Morgan fingerprint density at radius 2 is 1.69 bits per heavy atom. The van der Waals surface area contributed by atoms with Crippen molar-refractivity contribution in [3.05, 3.63) is 66.7 Å². The van der Waals surface area contributed by atoms with Crippen molar-refractivity contribution >= 4 is 5.97 Å². The molecule has 8 nitrogen and oxygen atoms in total. The number of benzene rings is 1. The highest BCUT2D eigenvalue weighted by Crippen LogP contribution is 2.30. The fourth-order valence-electron chi connectivity index (χ4n) is 4.34. The summed E-state index contributed by atoms with van der Waals surface area (Å²) < 4.78 is 19.5. The van der Waals surface area contributed by atoms with E-state index in [2.05, 4.69) is 25.1 Å². The Balaban J connectivity index is 1.20. The van der Waals surface area contributed by atoms with Crippen molar-refractivity contribution in [2.45, 2.75) is 38.2 Å². The summed E-state index contributed by atoms with van der Waals surface area (Å²) in [4.78, 5) is 22.9. The number of pyridine rings is 2. The first-order valence-corrected chi connectivity index (χ1v) is 11.5. The van der Waals surface area contributed by atoms with E-state index in [-0.39, 0.29) is 24.3 Å². The SMILES string of the molecule is O=C(O)C[C@H]1CC[C@H](Oc2ccc(-c3ccc(-c4nnc(-c5cccc(F)c5)[nH]4)cn3)cn2)CC1. The van der Waals surface area contributed by atoms with E-state index < -0.39 is 5.97 Å². The number of hydrogen-bond donors (Lipinski definition) is 2. The molecule has 0 aliphatic heterocycles. The standard InChI is InChI=1S/C26H24FN5O3/c27-20-3-1-2-17(13-20)25-30-26(32-31-25)19-6-10-22(28-15-19)18-7-11-23(29-14-18)35-21-8-4-16(5-9-21)12-24(33)34/h1-3,6-7,10-11,13-16,21H,4-5,8-9,12H2,(H,33,34)(H,30,31,32)/t16-,21-. The molecular formula is C26H24FN5O3. The average Bonchev–Trinajstić information content (AvgIpc) is 3.36. The van der Waals surface area contributed by atoms with E-state index in [1.54, 1.807) is 24.5 Å². The lowest BCUT2D eigenvalue weighted by molar-refractivity contribution is -0.138. The molecule has 0 bridgehead atoms. The Bertz CT molecular complexity index is 1300. The fourth-order valence-corrected chi connectivity index (χ4v) is 4.34. The predicted molar refractivity (Wildman–Crippen MR) is 127 cm³/mol. The Morgan fingerprint density at radius 3 is 2.34 bits per heavy atom. The molecule has 0 spiro atoms. The van der Waals surface area contributed by atoms with Gasteiger partial charge in [0.05, 0.1) is 5.69 Å². The monoisotopic (exact) mass is 473 g/mol. The van der Waals surface area contributed by atoms with Crippen molar-refractivity contribution in [1.29, 1.82) is 0 Å². The Morgan fingerprint density at radius 1 is 0.943 bits per heavy atom. The molecule has 1 aliphatic carbocycles. The van der Waals surface area contributed by atoms with Crippen LogP contribution in [0.15, 0.2) is 60.9 Å². The van der Waals surface area contributed by atoms with Crippen LogP contribution in [0.3, 0.4) is 0 Å². The van der Waals surface area contributed by atoms with E-state index in [4.69, 9.17) is 9.84 Å². The maximum Gasteiger partial charge on any atom is 0.303 e. The number of nitrogens with one attached hydrogen (secondary N) is 1. The van der Waals surface area contributed by atoms with Crippen molar-refractivity contribution in [3.8, 4) is 39.9 Å². The molecule has 4 aromatic rings. The number of H-pyrrole nitrogens is 1. The molecule has 0 unspecified atom stereocenters. The number of rotatable bonds is 7. The van der Waals surface area contributed by atoms with E-state index in [9.17, 15) is 9.18 Å². The van der Waals surface area contributed by atoms with Crippen LogP contribution in [-0.4, -0.2) is 42.3 Å². The molecule has 178 valence electrons. The molecule has 35 heavy (non-hydrogen) atoms. The van der Waals surface area contributed by atoms with Crippen molar-refractivity contribution in [2.75, 3.05) is 0 Å². The lowest BCUT2D eigenvalue weighted by Crippen LogP contribution is -2.25. The van der Waals surface area contributed by atoms with Crippen LogP contribution in [0, 0.1) is 11.7 Å². The summed E-state index contributed by atoms with van der Waals surface area (Å²) in [6.45, 7) is 0. The maximum atomic E-state index is 13.5.